The Hall–Kier alpha value is -0.650. The van der Waals surface area contributed by atoms with E-state index in [1.54, 1.807) is 6.92 Å². The Labute approximate surface area is 116 Å². The monoisotopic (exact) mass is 272 g/mol. The largest absolute Gasteiger partial charge is 0.464 e. The third kappa shape index (κ3) is 5.89. The van der Waals surface area contributed by atoms with Crippen molar-refractivity contribution in [3.63, 3.8) is 0 Å². The molecule has 1 atom stereocenters. The van der Waals surface area contributed by atoms with Crippen LogP contribution in [0.25, 0.3) is 0 Å². The van der Waals surface area contributed by atoms with E-state index in [1.807, 2.05) is 0 Å². The smallest absolute Gasteiger partial charge is 0.332 e. The summed E-state index contributed by atoms with van der Waals surface area (Å²) in [7, 11) is 0. The number of carbonyl (C=O) groups is 1. The summed E-state index contributed by atoms with van der Waals surface area (Å²) < 4.78 is 10.1. The molecular formula is C14H28N2O3. The molecule has 1 saturated heterocycles. The van der Waals surface area contributed by atoms with E-state index in [2.05, 4.69) is 23.6 Å². The molecule has 0 radical (unpaired) electrons. The number of carbonyl (C=O) groups excluding carboxylic acids is 1. The maximum atomic E-state index is 11.1. The molecule has 0 spiro atoms. The Bertz CT molecular complexity index is 257. The number of hydrogen-bond donors (Lipinski definition) is 0. The van der Waals surface area contributed by atoms with E-state index in [-0.39, 0.29) is 12.6 Å². The van der Waals surface area contributed by atoms with Gasteiger partial charge in [0.05, 0.1) is 13.2 Å². The zero-order chi connectivity index (χ0) is 14.1. The predicted molar refractivity (Wildman–Crippen MR) is 75.2 cm³/mol. The lowest BCUT2D eigenvalue weighted by Crippen LogP contribution is -2.37. The lowest BCUT2D eigenvalue weighted by Gasteiger charge is -2.26. The summed E-state index contributed by atoms with van der Waals surface area (Å²) in [6.07, 6.45) is 1.24. The highest BCUT2D eigenvalue weighted by molar-refractivity contribution is 5.70. The number of nitrogens with zero attached hydrogens (tertiary/aromatic N) is 2. The van der Waals surface area contributed by atoms with Crippen molar-refractivity contribution in [3.8, 4) is 0 Å². The molecule has 112 valence electrons. The molecule has 19 heavy (non-hydrogen) atoms. The fourth-order valence-corrected chi connectivity index (χ4v) is 2.61. The minimum atomic E-state index is -0.273. The van der Waals surface area contributed by atoms with Crippen LogP contribution in [0, 0.1) is 0 Å². The zero-order valence-electron chi connectivity index (χ0n) is 12.6. The Morgan fingerprint density at radius 2 is 2.05 bits per heavy atom. The standard InChI is InChI=1S/C14H28N2O3/c1-4-16(5-2)13-7-8-15(11-13)9-10-18-12-14(17)19-6-3/h13H,4-12H2,1-3H3. The number of hydrogen-bond acceptors (Lipinski definition) is 5. The highest BCUT2D eigenvalue weighted by Gasteiger charge is 2.25. The Balaban J connectivity index is 2.10. The average Bonchev–Trinajstić information content (AvgIpc) is 2.85. The summed E-state index contributed by atoms with van der Waals surface area (Å²) in [5, 5.41) is 0. The van der Waals surface area contributed by atoms with Gasteiger partial charge in [-0.05, 0) is 33.0 Å². The molecule has 1 unspecified atom stereocenters. The molecule has 0 aromatic carbocycles. The van der Waals surface area contributed by atoms with Crippen LogP contribution in [-0.4, -0.2) is 74.4 Å². The predicted octanol–water partition coefficient (Wildman–Crippen LogP) is 0.982. The molecule has 0 aromatic heterocycles. The topological polar surface area (TPSA) is 42.0 Å². The summed E-state index contributed by atoms with van der Waals surface area (Å²) >= 11 is 0. The van der Waals surface area contributed by atoms with E-state index in [1.165, 1.54) is 6.42 Å². The van der Waals surface area contributed by atoms with Gasteiger partial charge in [0.15, 0.2) is 0 Å². The van der Waals surface area contributed by atoms with E-state index < -0.39 is 0 Å². The maximum absolute atomic E-state index is 11.1. The van der Waals surface area contributed by atoms with Gasteiger partial charge in [-0.1, -0.05) is 13.8 Å². The van der Waals surface area contributed by atoms with Gasteiger partial charge in [-0.15, -0.1) is 0 Å². The lowest BCUT2D eigenvalue weighted by atomic mass is 10.2. The van der Waals surface area contributed by atoms with Gasteiger partial charge < -0.3 is 9.47 Å². The SMILES string of the molecule is CCOC(=O)COCCN1CCC(N(CC)CC)C1. The summed E-state index contributed by atoms with van der Waals surface area (Å²) in [6.45, 7) is 12.7. The second kappa shape index (κ2) is 9.28. The number of likely N-dealkylation sites (tertiary alicyclic amines) is 1. The van der Waals surface area contributed by atoms with Crippen molar-refractivity contribution >= 4 is 5.97 Å². The van der Waals surface area contributed by atoms with Crippen LogP contribution in [0.5, 0.6) is 0 Å². The first-order chi connectivity index (χ1) is 9.21. The molecular weight excluding hydrogens is 244 g/mol. The van der Waals surface area contributed by atoms with Crippen LogP contribution in [0.15, 0.2) is 0 Å². The summed E-state index contributed by atoms with van der Waals surface area (Å²) in [5.41, 5.74) is 0. The number of ether oxygens (including phenoxy) is 2. The second-order valence-corrected chi connectivity index (χ2v) is 4.82. The fraction of sp³-hybridized carbons (Fsp3) is 0.929. The number of esters is 1. The van der Waals surface area contributed by atoms with Crippen LogP contribution in [0.2, 0.25) is 0 Å². The summed E-state index contributed by atoms with van der Waals surface area (Å²) in [5.74, 6) is -0.273. The van der Waals surface area contributed by atoms with Gasteiger partial charge in [-0.3, -0.25) is 9.80 Å². The van der Waals surface area contributed by atoms with Crippen LogP contribution in [0.4, 0.5) is 0 Å². The second-order valence-electron chi connectivity index (χ2n) is 4.82. The number of likely N-dealkylation sites (N-methyl/N-ethyl adjacent to an activating group) is 1. The third-order valence-corrected chi connectivity index (χ3v) is 3.65. The molecule has 0 aliphatic carbocycles. The first kappa shape index (κ1) is 16.4. The van der Waals surface area contributed by atoms with Crippen molar-refractivity contribution in [2.75, 3.05) is 52.5 Å². The van der Waals surface area contributed by atoms with Crippen molar-refractivity contribution in [2.45, 2.75) is 33.2 Å². The molecule has 1 fully saturated rings. The van der Waals surface area contributed by atoms with Crippen LogP contribution < -0.4 is 0 Å². The van der Waals surface area contributed by atoms with Gasteiger partial charge in [0.1, 0.15) is 6.61 Å². The van der Waals surface area contributed by atoms with Crippen molar-refractivity contribution < 1.29 is 14.3 Å². The molecule has 1 heterocycles. The summed E-state index contributed by atoms with van der Waals surface area (Å²) in [6, 6.07) is 0.681. The maximum Gasteiger partial charge on any atom is 0.332 e. The molecule has 0 saturated carbocycles. The Kier molecular flexibility index (Phi) is 8.02. The van der Waals surface area contributed by atoms with E-state index in [0.29, 0.717) is 19.3 Å². The molecule has 0 bridgehead atoms. The molecule has 0 N–H and O–H groups in total. The van der Waals surface area contributed by atoms with Crippen molar-refractivity contribution in [1.29, 1.82) is 0 Å². The van der Waals surface area contributed by atoms with Crippen molar-refractivity contribution in [2.24, 2.45) is 0 Å². The Morgan fingerprint density at radius 1 is 1.32 bits per heavy atom. The quantitative estimate of drug-likeness (QED) is 0.462. The van der Waals surface area contributed by atoms with Gasteiger partial charge in [-0.25, -0.2) is 4.79 Å². The first-order valence-electron chi connectivity index (χ1n) is 7.40. The van der Waals surface area contributed by atoms with Crippen molar-refractivity contribution in [1.82, 2.24) is 9.80 Å². The lowest BCUT2D eigenvalue weighted by molar-refractivity contribution is -0.148. The number of rotatable bonds is 9. The highest BCUT2D eigenvalue weighted by atomic mass is 16.6. The van der Waals surface area contributed by atoms with Crippen molar-refractivity contribution in [3.05, 3.63) is 0 Å². The van der Waals surface area contributed by atoms with Gasteiger partial charge in [0.25, 0.3) is 0 Å². The normalized spacial score (nSPS) is 20.1. The molecule has 1 aliphatic rings. The van der Waals surface area contributed by atoms with Crippen LogP contribution in [-0.2, 0) is 14.3 Å². The third-order valence-electron chi connectivity index (χ3n) is 3.65. The first-order valence-corrected chi connectivity index (χ1v) is 7.40. The van der Waals surface area contributed by atoms with E-state index >= 15 is 0 Å². The van der Waals surface area contributed by atoms with Crippen LogP contribution in [0.1, 0.15) is 27.2 Å². The minimum absolute atomic E-state index is 0.0706. The van der Waals surface area contributed by atoms with Crippen LogP contribution in [0.3, 0.4) is 0 Å². The zero-order valence-corrected chi connectivity index (χ0v) is 12.6. The Morgan fingerprint density at radius 3 is 2.68 bits per heavy atom. The molecule has 1 rings (SSSR count). The van der Waals surface area contributed by atoms with E-state index in [9.17, 15) is 4.79 Å². The van der Waals surface area contributed by atoms with Crippen LogP contribution >= 0.6 is 0 Å². The molecule has 5 heteroatoms. The van der Waals surface area contributed by atoms with E-state index in [0.717, 1.165) is 32.7 Å². The minimum Gasteiger partial charge on any atom is -0.464 e. The molecule has 0 amide bonds. The van der Waals surface area contributed by atoms with Gasteiger partial charge >= 0.3 is 5.97 Å². The molecule has 0 aromatic rings. The fourth-order valence-electron chi connectivity index (χ4n) is 2.61. The van der Waals surface area contributed by atoms with Gasteiger partial charge in [0, 0.05) is 19.1 Å². The molecule has 1 aliphatic heterocycles. The molecule has 5 nitrogen and oxygen atoms in total. The average molecular weight is 272 g/mol. The summed E-state index contributed by atoms with van der Waals surface area (Å²) in [4.78, 5) is 16.0. The highest BCUT2D eigenvalue weighted by Crippen LogP contribution is 2.14. The van der Waals surface area contributed by atoms with Gasteiger partial charge in [-0.2, -0.15) is 0 Å². The van der Waals surface area contributed by atoms with Gasteiger partial charge in [0.2, 0.25) is 0 Å². The van der Waals surface area contributed by atoms with E-state index in [4.69, 9.17) is 9.47 Å².